The van der Waals surface area contributed by atoms with Gasteiger partial charge in [-0.2, -0.15) is 13.2 Å². The summed E-state index contributed by atoms with van der Waals surface area (Å²) in [6, 6.07) is 36.2. The van der Waals surface area contributed by atoms with E-state index in [-0.39, 0.29) is 48.5 Å². The topological polar surface area (TPSA) is 133 Å². The smallest absolute Gasteiger partial charge is 0.393 e. The summed E-state index contributed by atoms with van der Waals surface area (Å²) in [6.45, 7) is 10.8. The molecule has 5 aromatic carbocycles. The van der Waals surface area contributed by atoms with Gasteiger partial charge in [-0.05, 0) is 148 Å². The van der Waals surface area contributed by atoms with Crippen LogP contribution >= 0.6 is 30.9 Å². The predicted molar refractivity (Wildman–Crippen MR) is 300 cm³/mol. The molecule has 0 bridgehead atoms. The first-order valence-electron chi connectivity index (χ1n) is 25.6. The van der Waals surface area contributed by atoms with Crippen molar-refractivity contribution in [1.82, 2.24) is 9.47 Å². The van der Waals surface area contributed by atoms with E-state index in [2.05, 4.69) is 25.3 Å². The molecule has 3 aliphatic rings. The number of sulfone groups is 2. The molecule has 0 aliphatic carbocycles. The third kappa shape index (κ3) is 11.9. The molecule has 2 atom stereocenters. The molecule has 9 rings (SSSR count). The Morgan fingerprint density at radius 3 is 2.05 bits per heavy atom. The molecule has 1 N–H and O–H groups in total. The zero-order valence-corrected chi connectivity index (χ0v) is 47.1. The zero-order chi connectivity index (χ0) is 54.2. The van der Waals surface area contributed by atoms with Gasteiger partial charge in [-0.25, -0.2) is 16.8 Å². The van der Waals surface area contributed by atoms with Gasteiger partial charge in [-0.1, -0.05) is 60.1 Å². The molecule has 0 saturated carbocycles. The van der Waals surface area contributed by atoms with E-state index in [9.17, 15) is 35.1 Å². The number of aliphatic hydroxyl groups excluding tert-OH is 1. The number of hydrogen-bond donors (Lipinski definition) is 1. The summed E-state index contributed by atoms with van der Waals surface area (Å²) in [5.41, 5.74) is 0.523. The number of aliphatic hydroxyl groups is 1. The van der Waals surface area contributed by atoms with Crippen molar-refractivity contribution in [2.24, 2.45) is 5.92 Å². The van der Waals surface area contributed by atoms with Crippen LogP contribution in [0, 0.1) is 12.8 Å². The molecule has 20 heteroatoms. The number of rotatable bonds is 17. The standard InChI is InChI=1S/C56H64ClF3N5O7PS3/c1-39(2)65-40(3)55(75(4,68)69)53(54(65)42-13-16-45(57)17-14-42)44-9-8-10-48(36-44)63-31-29-62(30-32-63)46-18-20-47(21-19-46)64-33-34-72-73(64,67)50-22-15-43(52(37-50)76(70,71)56(58,59)60)35-41(38-74-51-11-6-5-7-12-51)23-26-61-27-24-49(66)25-28-61/h5-22,36-37,39,41,49,66H,23-35,38H2,1-4H3/t41-,73-/m0/s1. The fraction of sp³-hybridized carbons (Fsp3) is 0.393. The SMILES string of the molecule is Cc1c(S(C)(=O)=O)c(-c2cccc(N3CCN(c4ccc(N5CCO[P@@]5(=O)c5ccc(C[C@H](CCN6CCC(O)CC6)CSc6ccccc6)c(S(=O)(=O)C(F)(F)F)c5)cc4)CC3)c2)c(-c2ccc(Cl)cc2)n1C(C)C. The highest BCUT2D eigenvalue weighted by atomic mass is 35.5. The Labute approximate surface area is 454 Å². The minimum atomic E-state index is -5.88. The maximum Gasteiger partial charge on any atom is 0.501 e. The normalized spacial score (nSPS) is 18.7. The van der Waals surface area contributed by atoms with Crippen molar-refractivity contribution in [3.8, 4) is 22.4 Å². The number of aromatic nitrogens is 1. The third-order valence-electron chi connectivity index (χ3n) is 14.7. The van der Waals surface area contributed by atoms with Crippen LogP contribution in [0.1, 0.15) is 50.4 Å². The maximum absolute atomic E-state index is 15.0. The van der Waals surface area contributed by atoms with Crippen molar-refractivity contribution < 1.29 is 44.2 Å². The highest BCUT2D eigenvalue weighted by Gasteiger charge is 2.49. The lowest BCUT2D eigenvalue weighted by Crippen LogP contribution is -2.46. The van der Waals surface area contributed by atoms with Gasteiger partial charge >= 0.3 is 13.0 Å². The number of thioether (sulfide) groups is 1. The summed E-state index contributed by atoms with van der Waals surface area (Å²) in [5, 5.41) is 10.5. The minimum Gasteiger partial charge on any atom is -0.393 e. The number of halogens is 4. The highest BCUT2D eigenvalue weighted by Crippen LogP contribution is 2.56. The van der Waals surface area contributed by atoms with Gasteiger partial charge in [-0.15, -0.1) is 11.8 Å². The van der Waals surface area contributed by atoms with Crippen molar-refractivity contribution in [3.63, 3.8) is 0 Å². The molecular weight excluding hydrogens is 1070 g/mol. The van der Waals surface area contributed by atoms with E-state index >= 15 is 4.57 Å². The van der Waals surface area contributed by atoms with E-state index < -0.39 is 37.6 Å². The van der Waals surface area contributed by atoms with Crippen LogP contribution in [0.2, 0.25) is 5.02 Å². The van der Waals surface area contributed by atoms with Crippen molar-refractivity contribution in [2.75, 3.05) is 85.4 Å². The summed E-state index contributed by atoms with van der Waals surface area (Å²) in [6.07, 6.45) is 2.81. The second-order valence-electron chi connectivity index (χ2n) is 20.2. The largest absolute Gasteiger partial charge is 0.501 e. The number of hydrogen-bond acceptors (Lipinski definition) is 11. The summed E-state index contributed by atoms with van der Waals surface area (Å²) < 4.78 is 122. The first kappa shape index (κ1) is 56.0. The molecular formula is C56H64ClF3N5O7PS3. The summed E-state index contributed by atoms with van der Waals surface area (Å²) in [7, 11) is -13.6. The molecule has 0 radical (unpaired) electrons. The molecule has 3 saturated heterocycles. The molecule has 12 nitrogen and oxygen atoms in total. The predicted octanol–water partition coefficient (Wildman–Crippen LogP) is 11.5. The molecule has 0 amide bonds. The van der Waals surface area contributed by atoms with Crippen LogP contribution in [0.3, 0.4) is 0 Å². The van der Waals surface area contributed by atoms with E-state index in [4.69, 9.17) is 16.1 Å². The van der Waals surface area contributed by atoms with Crippen LogP contribution in [-0.2, 0) is 35.2 Å². The minimum absolute atomic E-state index is 0.00380. The molecule has 1 aromatic heterocycles. The Morgan fingerprint density at radius 2 is 1.42 bits per heavy atom. The van der Waals surface area contributed by atoms with Gasteiger partial charge in [-0.3, -0.25) is 9.24 Å². The monoisotopic (exact) mass is 1140 g/mol. The van der Waals surface area contributed by atoms with Crippen LogP contribution in [-0.4, -0.2) is 114 Å². The van der Waals surface area contributed by atoms with Crippen LogP contribution in [0.25, 0.3) is 22.4 Å². The van der Waals surface area contributed by atoms with Crippen LogP contribution < -0.4 is 19.8 Å². The van der Waals surface area contributed by atoms with E-state index in [1.165, 1.54) is 23.1 Å². The van der Waals surface area contributed by atoms with Gasteiger partial charge in [0.05, 0.1) is 40.0 Å². The maximum atomic E-state index is 15.0. The van der Waals surface area contributed by atoms with Crippen molar-refractivity contribution in [3.05, 3.63) is 138 Å². The van der Waals surface area contributed by atoms with Crippen LogP contribution in [0.4, 0.5) is 30.2 Å². The quantitative estimate of drug-likeness (QED) is 0.0689. The Kier molecular flexibility index (Phi) is 16.9. The average molecular weight is 1140 g/mol. The van der Waals surface area contributed by atoms with Crippen molar-refractivity contribution in [1.29, 1.82) is 0 Å². The second-order valence-corrected chi connectivity index (χ2v) is 27.9. The van der Waals surface area contributed by atoms with E-state index in [1.54, 1.807) is 23.9 Å². The summed E-state index contributed by atoms with van der Waals surface area (Å²) >= 11 is 7.86. The zero-order valence-electron chi connectivity index (χ0n) is 43.0. The number of nitrogens with zero attached hydrogens (tertiary/aromatic N) is 5. The Bertz CT molecular complexity index is 3300. The molecule has 406 valence electrons. The molecule has 0 unspecified atom stereocenters. The van der Waals surface area contributed by atoms with E-state index in [0.29, 0.717) is 97.7 Å². The van der Waals surface area contributed by atoms with Gasteiger partial charge in [0.1, 0.15) is 0 Å². The van der Waals surface area contributed by atoms with E-state index in [0.717, 1.165) is 39.2 Å². The first-order chi connectivity index (χ1) is 36.1. The molecule has 76 heavy (non-hydrogen) atoms. The average Bonchev–Trinajstić information content (AvgIpc) is 3.96. The van der Waals surface area contributed by atoms with Crippen LogP contribution in [0.5, 0.6) is 0 Å². The highest BCUT2D eigenvalue weighted by molar-refractivity contribution is 7.99. The fourth-order valence-electron chi connectivity index (χ4n) is 10.9. The number of benzene rings is 5. The molecule has 3 aliphatic heterocycles. The van der Waals surface area contributed by atoms with Crippen molar-refractivity contribution >= 4 is 72.9 Å². The number of anilines is 3. The van der Waals surface area contributed by atoms with Gasteiger partial charge in [0.2, 0.25) is 0 Å². The summed E-state index contributed by atoms with van der Waals surface area (Å²) in [5.74, 6) is 0.317. The van der Waals surface area contributed by atoms with Crippen molar-refractivity contribution in [2.45, 2.75) is 78.8 Å². The number of piperidine rings is 1. The number of likely N-dealkylation sites (tertiary alicyclic amines) is 1. The summed E-state index contributed by atoms with van der Waals surface area (Å²) in [4.78, 5) is 7.09. The lowest BCUT2D eigenvalue weighted by Gasteiger charge is -2.37. The third-order valence-corrected chi connectivity index (χ3v) is 21.5. The lowest BCUT2D eigenvalue weighted by molar-refractivity contribution is -0.0436. The number of piperazine rings is 1. The van der Waals surface area contributed by atoms with Gasteiger partial charge < -0.3 is 28.9 Å². The Hall–Kier alpha value is -4.78. The molecule has 3 fully saturated rings. The molecule has 0 spiro atoms. The van der Waals surface area contributed by atoms with Crippen LogP contribution in [0.15, 0.2) is 136 Å². The lowest BCUT2D eigenvalue weighted by atomic mass is 9.97. The van der Waals surface area contributed by atoms with E-state index in [1.807, 2.05) is 106 Å². The fourth-order valence-corrected chi connectivity index (χ4v) is 16.6. The molecule has 4 heterocycles. The Balaban J connectivity index is 0.929. The van der Waals surface area contributed by atoms with Gasteiger partial charge in [0, 0.05) is 95.6 Å². The second kappa shape index (κ2) is 22.9. The first-order valence-corrected chi connectivity index (χ1v) is 31.9. The van der Waals surface area contributed by atoms with Gasteiger partial charge in [0.15, 0.2) is 9.84 Å². The van der Waals surface area contributed by atoms with Gasteiger partial charge in [0.25, 0.3) is 9.84 Å². The number of alkyl halides is 3. The molecule has 6 aromatic rings. The Morgan fingerprint density at radius 1 is 0.776 bits per heavy atom.